The van der Waals surface area contributed by atoms with Gasteiger partial charge in [-0.15, -0.1) is 0 Å². The third kappa shape index (κ3) is 7.91. The molecule has 0 aliphatic heterocycles. The molecular weight excluding hydrogens is 270 g/mol. The van der Waals surface area contributed by atoms with Gasteiger partial charge < -0.3 is 10.1 Å². The summed E-state index contributed by atoms with van der Waals surface area (Å²) in [6, 6.07) is 0. The average molecular weight is 289 g/mol. The van der Waals surface area contributed by atoms with Gasteiger partial charge in [0.05, 0.1) is 18.0 Å². The van der Waals surface area contributed by atoms with E-state index in [-0.39, 0.29) is 5.17 Å². The normalized spacial score (nSPS) is 11.8. The summed E-state index contributed by atoms with van der Waals surface area (Å²) >= 11 is 9.81. The zero-order valence-electron chi connectivity index (χ0n) is 11.0. The lowest BCUT2D eigenvalue weighted by atomic mass is 10.3. The van der Waals surface area contributed by atoms with E-state index in [0.717, 1.165) is 6.42 Å². The van der Waals surface area contributed by atoms with Crippen LogP contribution in [0.1, 0.15) is 27.2 Å². The summed E-state index contributed by atoms with van der Waals surface area (Å²) in [7, 11) is 1.71. The molecular formula is C10H19N5OS2. The van der Waals surface area contributed by atoms with Gasteiger partial charge in [-0.3, -0.25) is 5.43 Å². The molecule has 0 unspecified atom stereocenters. The number of nitrogens with one attached hydrogen (secondary N) is 3. The Hall–Kier alpha value is -1.28. The summed E-state index contributed by atoms with van der Waals surface area (Å²) in [5.41, 5.74) is 6.69. The fourth-order valence-electron chi connectivity index (χ4n) is 0.709. The first kappa shape index (κ1) is 16.7. The van der Waals surface area contributed by atoms with Gasteiger partial charge >= 0.3 is 0 Å². The molecule has 0 atom stereocenters. The number of hydrogen-bond acceptors (Lipinski definition) is 5. The lowest BCUT2D eigenvalue weighted by molar-refractivity contribution is 0.299. The molecule has 0 aromatic carbocycles. The fraction of sp³-hybridized carbons (Fsp3) is 0.600. The molecule has 0 aliphatic rings. The Bertz CT molecular complexity index is 354. The van der Waals surface area contributed by atoms with Crippen LogP contribution < -0.4 is 16.2 Å². The number of nitrogens with zero attached hydrogens (tertiary/aromatic N) is 2. The van der Waals surface area contributed by atoms with Gasteiger partial charge in [-0.05, 0) is 44.7 Å². The van der Waals surface area contributed by atoms with Crippen LogP contribution in [0, 0.1) is 0 Å². The van der Waals surface area contributed by atoms with Gasteiger partial charge in [0.15, 0.2) is 5.11 Å². The molecule has 0 amide bonds. The van der Waals surface area contributed by atoms with Crippen molar-refractivity contribution in [2.24, 2.45) is 10.2 Å². The lowest BCUT2D eigenvalue weighted by Crippen LogP contribution is -2.30. The maximum absolute atomic E-state index is 5.16. The second-order valence-corrected chi connectivity index (χ2v) is 4.11. The Balaban J connectivity index is 4.23. The molecule has 0 spiro atoms. The Labute approximate surface area is 118 Å². The van der Waals surface area contributed by atoms with Gasteiger partial charge in [-0.2, -0.15) is 10.2 Å². The zero-order valence-corrected chi connectivity index (χ0v) is 12.7. The van der Waals surface area contributed by atoms with Crippen LogP contribution in [0.15, 0.2) is 10.2 Å². The SMILES string of the molecule is CCCOC(=S)NN=C(C)C(C)=NNC(=S)NC. The van der Waals surface area contributed by atoms with Crippen molar-refractivity contribution in [3.05, 3.63) is 0 Å². The number of rotatable bonds is 5. The summed E-state index contributed by atoms with van der Waals surface area (Å²) < 4.78 is 5.16. The summed E-state index contributed by atoms with van der Waals surface area (Å²) in [5, 5.41) is 11.5. The Morgan fingerprint density at radius 3 is 2.17 bits per heavy atom. The molecule has 102 valence electrons. The van der Waals surface area contributed by atoms with Crippen molar-refractivity contribution < 1.29 is 4.74 Å². The second-order valence-electron chi connectivity index (χ2n) is 3.33. The molecule has 6 nitrogen and oxygen atoms in total. The smallest absolute Gasteiger partial charge is 0.277 e. The molecule has 0 aliphatic carbocycles. The molecule has 0 saturated carbocycles. The second kappa shape index (κ2) is 9.72. The molecule has 0 heterocycles. The van der Waals surface area contributed by atoms with Gasteiger partial charge in [0.25, 0.3) is 5.17 Å². The maximum atomic E-state index is 5.16. The van der Waals surface area contributed by atoms with Crippen molar-refractivity contribution in [1.29, 1.82) is 0 Å². The van der Waals surface area contributed by atoms with Crippen molar-refractivity contribution in [3.63, 3.8) is 0 Å². The van der Waals surface area contributed by atoms with Crippen molar-refractivity contribution in [1.82, 2.24) is 16.2 Å². The Morgan fingerprint density at radius 1 is 1.11 bits per heavy atom. The van der Waals surface area contributed by atoms with Crippen LogP contribution in [0.3, 0.4) is 0 Å². The third-order valence-electron chi connectivity index (χ3n) is 1.83. The van der Waals surface area contributed by atoms with Crippen LogP contribution in [0.4, 0.5) is 0 Å². The summed E-state index contributed by atoms with van der Waals surface area (Å²) in [6.45, 7) is 6.19. The van der Waals surface area contributed by atoms with Gasteiger partial charge in [0, 0.05) is 7.05 Å². The summed E-state index contributed by atoms with van der Waals surface area (Å²) in [6.07, 6.45) is 0.899. The average Bonchev–Trinajstić information content (AvgIpc) is 2.38. The minimum atomic E-state index is 0.253. The first-order valence-corrected chi connectivity index (χ1v) is 6.32. The van der Waals surface area contributed by atoms with E-state index in [1.54, 1.807) is 14.0 Å². The Morgan fingerprint density at radius 2 is 1.67 bits per heavy atom. The van der Waals surface area contributed by atoms with Crippen LogP contribution >= 0.6 is 24.4 Å². The number of thiocarbonyl (C=S) groups is 2. The number of ether oxygens (including phenoxy) is 1. The molecule has 0 rings (SSSR count). The predicted molar refractivity (Wildman–Crippen MR) is 83.0 cm³/mol. The van der Waals surface area contributed by atoms with E-state index in [0.29, 0.717) is 23.1 Å². The van der Waals surface area contributed by atoms with E-state index in [9.17, 15) is 0 Å². The van der Waals surface area contributed by atoms with Crippen molar-refractivity contribution in [3.8, 4) is 0 Å². The summed E-state index contributed by atoms with van der Waals surface area (Å²) in [4.78, 5) is 0. The lowest BCUT2D eigenvalue weighted by Gasteiger charge is -2.06. The van der Waals surface area contributed by atoms with Gasteiger partial charge in [0.1, 0.15) is 0 Å². The fourth-order valence-corrected chi connectivity index (χ4v) is 0.883. The molecule has 3 N–H and O–H groups in total. The number of hydrazone groups is 2. The first-order chi connectivity index (χ1) is 8.51. The van der Waals surface area contributed by atoms with E-state index in [1.165, 1.54) is 0 Å². The standard InChI is InChI=1S/C10H19N5OS2/c1-5-6-16-10(18)15-13-8(3)7(2)12-14-9(17)11-4/h5-6H2,1-4H3,(H,15,18)(H2,11,14,17). The highest BCUT2D eigenvalue weighted by molar-refractivity contribution is 7.80. The largest absolute Gasteiger partial charge is 0.470 e. The quantitative estimate of drug-likeness (QED) is 0.400. The highest BCUT2D eigenvalue weighted by Crippen LogP contribution is 1.86. The molecule has 0 radical (unpaired) electrons. The highest BCUT2D eigenvalue weighted by Gasteiger charge is 1.99. The van der Waals surface area contributed by atoms with E-state index in [2.05, 4.69) is 26.4 Å². The van der Waals surface area contributed by atoms with Crippen LogP contribution in [0.5, 0.6) is 0 Å². The van der Waals surface area contributed by atoms with E-state index >= 15 is 0 Å². The zero-order chi connectivity index (χ0) is 14.0. The van der Waals surface area contributed by atoms with Gasteiger partial charge in [0.2, 0.25) is 0 Å². The van der Waals surface area contributed by atoms with E-state index in [4.69, 9.17) is 29.2 Å². The highest BCUT2D eigenvalue weighted by atomic mass is 32.1. The van der Waals surface area contributed by atoms with Gasteiger partial charge in [-0.25, -0.2) is 5.43 Å². The van der Waals surface area contributed by atoms with Crippen LogP contribution in [-0.4, -0.2) is 35.4 Å². The molecule has 8 heteroatoms. The molecule has 0 fully saturated rings. The third-order valence-corrected chi connectivity index (χ3v) is 2.33. The maximum Gasteiger partial charge on any atom is 0.277 e. The molecule has 0 saturated heterocycles. The van der Waals surface area contributed by atoms with Crippen LogP contribution in [0.25, 0.3) is 0 Å². The number of hydrogen-bond donors (Lipinski definition) is 3. The predicted octanol–water partition coefficient (Wildman–Crippen LogP) is 1.13. The van der Waals surface area contributed by atoms with Crippen LogP contribution in [0.2, 0.25) is 0 Å². The van der Waals surface area contributed by atoms with Crippen LogP contribution in [-0.2, 0) is 4.74 Å². The minimum Gasteiger partial charge on any atom is -0.470 e. The molecule has 0 aromatic rings. The van der Waals surface area contributed by atoms with E-state index in [1.807, 2.05) is 13.8 Å². The Kier molecular flexibility index (Phi) is 9.03. The van der Waals surface area contributed by atoms with Gasteiger partial charge in [-0.1, -0.05) is 6.92 Å². The molecule has 18 heavy (non-hydrogen) atoms. The first-order valence-electron chi connectivity index (χ1n) is 5.50. The molecule has 0 bridgehead atoms. The van der Waals surface area contributed by atoms with Crippen molar-refractivity contribution in [2.45, 2.75) is 27.2 Å². The monoisotopic (exact) mass is 289 g/mol. The molecule has 0 aromatic heterocycles. The minimum absolute atomic E-state index is 0.253. The topological polar surface area (TPSA) is 70.0 Å². The summed E-state index contributed by atoms with van der Waals surface area (Å²) in [5.74, 6) is 0. The van der Waals surface area contributed by atoms with E-state index < -0.39 is 0 Å². The van der Waals surface area contributed by atoms with Crippen molar-refractivity contribution in [2.75, 3.05) is 13.7 Å². The van der Waals surface area contributed by atoms with Crippen molar-refractivity contribution >= 4 is 46.1 Å².